The highest BCUT2D eigenvalue weighted by atomic mass is 35.5. The molecule has 1 aromatic heterocycles. The topological polar surface area (TPSA) is 57.3 Å². The first-order chi connectivity index (χ1) is 12.4. The summed E-state index contributed by atoms with van der Waals surface area (Å²) in [5, 5.41) is 3.88. The maximum Gasteiger partial charge on any atom is 0.409 e. The van der Waals surface area contributed by atoms with E-state index in [1.165, 1.54) is 12.1 Å². The maximum absolute atomic E-state index is 13.1. The Balaban J connectivity index is 1.84. The zero-order valence-corrected chi connectivity index (χ0v) is 14.1. The highest BCUT2D eigenvalue weighted by Crippen LogP contribution is 2.33. The fourth-order valence-corrected chi connectivity index (χ4v) is 2.65. The summed E-state index contributed by atoms with van der Waals surface area (Å²) in [7, 11) is 0. The minimum Gasteiger partial charge on any atom is -0.347 e. The third-order valence-corrected chi connectivity index (χ3v) is 4.03. The third-order valence-electron chi connectivity index (χ3n) is 3.71. The normalized spacial score (nSPS) is 17.2. The van der Waals surface area contributed by atoms with E-state index < -0.39 is 18.1 Å². The number of rotatable bonds is 4. The second-order valence-corrected chi connectivity index (χ2v) is 5.93. The minimum absolute atomic E-state index is 0.158. The lowest BCUT2D eigenvalue weighted by atomic mass is 10.2. The first-order valence-electron chi connectivity index (χ1n) is 7.63. The van der Waals surface area contributed by atoms with Gasteiger partial charge in [0.05, 0.1) is 10.7 Å². The van der Waals surface area contributed by atoms with E-state index in [1.54, 1.807) is 36.7 Å². The van der Waals surface area contributed by atoms with Gasteiger partial charge in [-0.05, 0) is 35.9 Å². The Hall–Kier alpha value is -2.58. The zero-order valence-electron chi connectivity index (χ0n) is 13.3. The van der Waals surface area contributed by atoms with Gasteiger partial charge in [-0.3, -0.25) is 14.8 Å². The van der Waals surface area contributed by atoms with Crippen LogP contribution in [0.25, 0.3) is 0 Å². The molecule has 136 valence electrons. The standard InChI is InChI=1S/C17H14ClF3N4O/c18-12-3-1-2-4-13(12)25-14(9-15(24-25)17(19,20)21)16(26)23-10-11-5-7-22-8-6-11/h1-9,15,24H,10H2,(H,23,26). The van der Waals surface area contributed by atoms with E-state index >= 15 is 0 Å². The first kappa shape index (κ1) is 18.2. The molecule has 5 nitrogen and oxygen atoms in total. The van der Waals surface area contributed by atoms with Crippen molar-refractivity contribution in [2.45, 2.75) is 18.8 Å². The summed E-state index contributed by atoms with van der Waals surface area (Å²) in [5.74, 6) is -0.652. The van der Waals surface area contributed by atoms with Gasteiger partial charge in [0.2, 0.25) is 0 Å². The van der Waals surface area contributed by atoms with Crippen molar-refractivity contribution >= 4 is 23.2 Å². The van der Waals surface area contributed by atoms with Crippen LogP contribution in [-0.2, 0) is 11.3 Å². The molecule has 0 radical (unpaired) electrons. The Morgan fingerprint density at radius 3 is 2.58 bits per heavy atom. The molecular formula is C17H14ClF3N4O. The second-order valence-electron chi connectivity index (χ2n) is 5.53. The minimum atomic E-state index is -4.55. The van der Waals surface area contributed by atoms with Crippen molar-refractivity contribution < 1.29 is 18.0 Å². The molecule has 0 spiro atoms. The number of carbonyl (C=O) groups is 1. The molecule has 3 rings (SSSR count). The van der Waals surface area contributed by atoms with Gasteiger partial charge in [-0.2, -0.15) is 13.2 Å². The summed E-state index contributed by atoms with van der Waals surface area (Å²) in [6.45, 7) is 0.158. The molecule has 26 heavy (non-hydrogen) atoms. The molecule has 0 saturated carbocycles. The molecule has 1 atom stereocenters. The predicted octanol–water partition coefficient (Wildman–Crippen LogP) is 3.19. The van der Waals surface area contributed by atoms with Crippen LogP contribution in [0.15, 0.2) is 60.6 Å². The molecule has 0 aliphatic carbocycles. The van der Waals surface area contributed by atoms with Gasteiger partial charge in [0.1, 0.15) is 11.7 Å². The average Bonchev–Trinajstić information content (AvgIpc) is 3.06. The molecule has 1 aliphatic heterocycles. The van der Waals surface area contributed by atoms with Crippen LogP contribution in [-0.4, -0.2) is 23.1 Å². The van der Waals surface area contributed by atoms with Crippen LogP contribution in [0.3, 0.4) is 0 Å². The summed E-state index contributed by atoms with van der Waals surface area (Å²) in [4.78, 5) is 16.4. The van der Waals surface area contributed by atoms with E-state index in [4.69, 9.17) is 11.6 Å². The second kappa shape index (κ2) is 7.35. The van der Waals surface area contributed by atoms with E-state index in [-0.39, 0.29) is 23.0 Å². The number of benzene rings is 1. The fraction of sp³-hybridized carbons (Fsp3) is 0.176. The number of para-hydroxylation sites is 1. The average molecular weight is 383 g/mol. The van der Waals surface area contributed by atoms with Crippen molar-refractivity contribution in [1.82, 2.24) is 15.7 Å². The van der Waals surface area contributed by atoms with Crippen LogP contribution in [0.4, 0.5) is 18.9 Å². The van der Waals surface area contributed by atoms with Crippen LogP contribution in [0, 0.1) is 0 Å². The number of halogens is 4. The molecular weight excluding hydrogens is 369 g/mol. The van der Waals surface area contributed by atoms with Crippen molar-refractivity contribution in [2.24, 2.45) is 0 Å². The maximum atomic E-state index is 13.1. The Labute approximate surface area is 152 Å². The SMILES string of the molecule is O=C(NCc1ccncc1)C1=CC(C(F)(F)F)NN1c1ccccc1Cl. The summed E-state index contributed by atoms with van der Waals surface area (Å²) in [6, 6.07) is 7.74. The van der Waals surface area contributed by atoms with Crippen LogP contribution in [0.1, 0.15) is 5.56 Å². The zero-order chi connectivity index (χ0) is 18.7. The van der Waals surface area contributed by atoms with Gasteiger partial charge in [0.25, 0.3) is 5.91 Å². The first-order valence-corrected chi connectivity index (χ1v) is 8.00. The highest BCUT2D eigenvalue weighted by molar-refractivity contribution is 6.33. The van der Waals surface area contributed by atoms with Gasteiger partial charge in [-0.1, -0.05) is 23.7 Å². The number of aromatic nitrogens is 1. The Bertz CT molecular complexity index is 826. The fourth-order valence-electron chi connectivity index (χ4n) is 2.43. The highest BCUT2D eigenvalue weighted by Gasteiger charge is 2.45. The van der Waals surface area contributed by atoms with Crippen molar-refractivity contribution in [2.75, 3.05) is 5.01 Å². The summed E-state index contributed by atoms with van der Waals surface area (Å²) < 4.78 is 39.4. The summed E-state index contributed by atoms with van der Waals surface area (Å²) >= 11 is 6.08. The summed E-state index contributed by atoms with van der Waals surface area (Å²) in [5.41, 5.74) is 3.14. The molecule has 1 unspecified atom stereocenters. The smallest absolute Gasteiger partial charge is 0.347 e. The molecule has 2 aromatic rings. The van der Waals surface area contributed by atoms with Crippen LogP contribution in [0.5, 0.6) is 0 Å². The van der Waals surface area contributed by atoms with Gasteiger partial charge >= 0.3 is 6.18 Å². The number of nitrogens with zero attached hydrogens (tertiary/aromatic N) is 2. The van der Waals surface area contributed by atoms with E-state index in [0.717, 1.165) is 16.6 Å². The van der Waals surface area contributed by atoms with Crippen molar-refractivity contribution in [3.05, 3.63) is 71.2 Å². The Kier molecular flexibility index (Phi) is 5.15. The lowest BCUT2D eigenvalue weighted by molar-refractivity contribution is -0.142. The predicted molar refractivity (Wildman–Crippen MR) is 91.1 cm³/mol. The van der Waals surface area contributed by atoms with E-state index in [1.807, 2.05) is 0 Å². The third kappa shape index (κ3) is 3.97. The lowest BCUT2D eigenvalue weighted by Gasteiger charge is -2.25. The number of amides is 1. The number of nitrogens with one attached hydrogen (secondary N) is 2. The van der Waals surface area contributed by atoms with Gasteiger partial charge in [0, 0.05) is 18.9 Å². The van der Waals surface area contributed by atoms with Gasteiger partial charge in [-0.25, -0.2) is 5.43 Å². The number of hydrogen-bond donors (Lipinski definition) is 2. The van der Waals surface area contributed by atoms with E-state index in [9.17, 15) is 18.0 Å². The monoisotopic (exact) mass is 382 g/mol. The quantitative estimate of drug-likeness (QED) is 0.852. The van der Waals surface area contributed by atoms with Crippen LogP contribution >= 0.6 is 11.6 Å². The number of alkyl halides is 3. The van der Waals surface area contributed by atoms with Crippen molar-refractivity contribution in [3.8, 4) is 0 Å². The van der Waals surface area contributed by atoms with Crippen molar-refractivity contribution in [1.29, 1.82) is 0 Å². The molecule has 1 amide bonds. The number of hydrazine groups is 1. The number of pyridine rings is 1. The van der Waals surface area contributed by atoms with Crippen LogP contribution in [0.2, 0.25) is 5.02 Å². The Morgan fingerprint density at radius 2 is 1.92 bits per heavy atom. The van der Waals surface area contributed by atoms with Gasteiger partial charge in [0.15, 0.2) is 0 Å². The molecule has 2 heterocycles. The molecule has 1 aromatic carbocycles. The summed E-state index contributed by atoms with van der Waals surface area (Å²) in [6.07, 6.45) is -0.584. The lowest BCUT2D eigenvalue weighted by Crippen LogP contribution is -2.46. The van der Waals surface area contributed by atoms with Crippen molar-refractivity contribution in [3.63, 3.8) is 0 Å². The molecule has 9 heteroatoms. The molecule has 0 fully saturated rings. The number of carbonyl (C=O) groups excluding carboxylic acids is 1. The van der Waals surface area contributed by atoms with Crippen LogP contribution < -0.4 is 15.8 Å². The largest absolute Gasteiger partial charge is 0.409 e. The molecule has 1 aliphatic rings. The van der Waals surface area contributed by atoms with E-state index in [2.05, 4.69) is 15.7 Å². The molecule has 2 N–H and O–H groups in total. The number of anilines is 1. The molecule has 0 saturated heterocycles. The van der Waals surface area contributed by atoms with Gasteiger partial charge in [-0.15, -0.1) is 0 Å². The molecule has 0 bridgehead atoms. The van der Waals surface area contributed by atoms with Gasteiger partial charge < -0.3 is 5.32 Å². The number of hydrogen-bond acceptors (Lipinski definition) is 4. The Morgan fingerprint density at radius 1 is 1.23 bits per heavy atom. The van der Waals surface area contributed by atoms with E-state index in [0.29, 0.717) is 0 Å².